The highest BCUT2D eigenvalue weighted by molar-refractivity contribution is 6.31. The number of nitrogens with zero attached hydrogens (tertiary/aromatic N) is 1. The minimum Gasteiger partial charge on any atom is -0.481 e. The van der Waals surface area contributed by atoms with Crippen LogP contribution in [-0.4, -0.2) is 35.1 Å². The van der Waals surface area contributed by atoms with E-state index in [9.17, 15) is 9.59 Å². The van der Waals surface area contributed by atoms with Crippen molar-refractivity contribution in [2.24, 2.45) is 5.92 Å². The Morgan fingerprint density at radius 1 is 1.48 bits per heavy atom. The molecular weight excluding hydrogens is 292 g/mol. The summed E-state index contributed by atoms with van der Waals surface area (Å²) in [5.74, 6) is -0.513. The van der Waals surface area contributed by atoms with E-state index < -0.39 is 5.97 Å². The number of aliphatic carboxylic acids is 1. The quantitative estimate of drug-likeness (QED) is 0.896. The van der Waals surface area contributed by atoms with Crippen molar-refractivity contribution in [3.63, 3.8) is 0 Å². The first-order valence-electron chi connectivity index (χ1n) is 6.99. The molecule has 2 rings (SSSR count). The Kier molecular flexibility index (Phi) is 5.07. The van der Waals surface area contributed by atoms with Gasteiger partial charge in [0.25, 0.3) is 0 Å². The molecule has 0 spiro atoms. The van der Waals surface area contributed by atoms with Crippen molar-refractivity contribution in [3.05, 3.63) is 28.8 Å². The van der Waals surface area contributed by atoms with Gasteiger partial charge in [-0.3, -0.25) is 4.79 Å². The number of carbonyl (C=O) groups excluding carboxylic acids is 1. The average molecular weight is 311 g/mol. The van der Waals surface area contributed by atoms with Crippen LogP contribution in [0.15, 0.2) is 18.2 Å². The van der Waals surface area contributed by atoms with Crippen molar-refractivity contribution in [1.29, 1.82) is 0 Å². The van der Waals surface area contributed by atoms with E-state index in [-0.39, 0.29) is 18.4 Å². The van der Waals surface area contributed by atoms with Crippen molar-refractivity contribution >= 4 is 29.3 Å². The summed E-state index contributed by atoms with van der Waals surface area (Å²) in [6.45, 7) is 3.18. The summed E-state index contributed by atoms with van der Waals surface area (Å²) in [5, 5.41) is 12.1. The molecule has 0 aliphatic carbocycles. The molecule has 1 heterocycles. The maximum Gasteiger partial charge on any atom is 0.321 e. The molecule has 114 valence electrons. The summed E-state index contributed by atoms with van der Waals surface area (Å²) in [4.78, 5) is 24.4. The summed E-state index contributed by atoms with van der Waals surface area (Å²) in [7, 11) is 0. The van der Waals surface area contributed by atoms with Crippen LogP contribution in [0.4, 0.5) is 10.5 Å². The molecule has 6 heteroatoms. The molecule has 0 bridgehead atoms. The maximum absolute atomic E-state index is 12.2. The van der Waals surface area contributed by atoms with Gasteiger partial charge in [-0.25, -0.2) is 4.79 Å². The minimum absolute atomic E-state index is 0.159. The second kappa shape index (κ2) is 6.80. The largest absolute Gasteiger partial charge is 0.481 e. The molecule has 21 heavy (non-hydrogen) atoms. The van der Waals surface area contributed by atoms with Crippen LogP contribution >= 0.6 is 11.6 Å². The summed E-state index contributed by atoms with van der Waals surface area (Å²) >= 11 is 6.03. The van der Waals surface area contributed by atoms with Gasteiger partial charge < -0.3 is 15.3 Å². The molecular formula is C15H19ClN2O3. The Morgan fingerprint density at radius 3 is 2.90 bits per heavy atom. The summed E-state index contributed by atoms with van der Waals surface area (Å²) in [6.07, 6.45) is 1.64. The fourth-order valence-electron chi connectivity index (χ4n) is 2.45. The van der Waals surface area contributed by atoms with E-state index in [1.807, 2.05) is 19.1 Å². The zero-order valence-electron chi connectivity index (χ0n) is 11.9. The van der Waals surface area contributed by atoms with Crippen molar-refractivity contribution in [2.45, 2.75) is 26.2 Å². The number of amides is 2. The molecule has 2 N–H and O–H groups in total. The fourth-order valence-corrected chi connectivity index (χ4v) is 2.63. The zero-order valence-corrected chi connectivity index (χ0v) is 12.7. The van der Waals surface area contributed by atoms with Crippen LogP contribution in [0.25, 0.3) is 0 Å². The number of carbonyl (C=O) groups is 2. The lowest BCUT2D eigenvalue weighted by Gasteiger charge is -2.17. The predicted octanol–water partition coefficient (Wildman–Crippen LogP) is 3.37. The fraction of sp³-hybridized carbons (Fsp3) is 0.467. The molecule has 1 aliphatic heterocycles. The van der Waals surface area contributed by atoms with Gasteiger partial charge in [-0.15, -0.1) is 0 Å². The number of halogens is 1. The summed E-state index contributed by atoms with van der Waals surface area (Å²) < 4.78 is 0. The van der Waals surface area contributed by atoms with Gasteiger partial charge in [-0.05, 0) is 43.4 Å². The molecule has 2 amide bonds. The first-order valence-corrected chi connectivity index (χ1v) is 7.37. The molecule has 5 nitrogen and oxygen atoms in total. The van der Waals surface area contributed by atoms with Crippen LogP contribution in [0.2, 0.25) is 5.02 Å². The molecule has 0 aromatic heterocycles. The number of aryl methyl sites for hydroxylation is 1. The molecule has 1 fully saturated rings. The average Bonchev–Trinajstić information content (AvgIpc) is 2.89. The highest BCUT2D eigenvalue weighted by atomic mass is 35.5. The molecule has 1 aliphatic rings. The van der Waals surface area contributed by atoms with E-state index in [1.165, 1.54) is 0 Å². The van der Waals surface area contributed by atoms with Gasteiger partial charge in [0.1, 0.15) is 0 Å². The first-order chi connectivity index (χ1) is 9.95. The van der Waals surface area contributed by atoms with Crippen molar-refractivity contribution < 1.29 is 14.7 Å². The van der Waals surface area contributed by atoms with Crippen LogP contribution in [-0.2, 0) is 4.79 Å². The van der Waals surface area contributed by atoms with Crippen LogP contribution in [0.3, 0.4) is 0 Å². The Bertz CT molecular complexity index is 548. The number of carboxylic acids is 1. The summed E-state index contributed by atoms with van der Waals surface area (Å²) in [6, 6.07) is 5.24. The number of urea groups is 1. The molecule has 0 saturated carbocycles. The predicted molar refractivity (Wildman–Crippen MR) is 81.8 cm³/mol. The van der Waals surface area contributed by atoms with Crippen LogP contribution in [0.5, 0.6) is 0 Å². The normalized spacial score (nSPS) is 17.8. The van der Waals surface area contributed by atoms with E-state index >= 15 is 0 Å². The number of likely N-dealkylation sites (tertiary alicyclic amines) is 1. The van der Waals surface area contributed by atoms with Gasteiger partial charge in [0, 0.05) is 30.2 Å². The highest BCUT2D eigenvalue weighted by Crippen LogP contribution is 2.23. The maximum atomic E-state index is 12.2. The SMILES string of the molecule is Cc1ccc(NC(=O)N2CCC(CCC(=O)O)C2)cc1Cl. The topological polar surface area (TPSA) is 69.6 Å². The number of rotatable bonds is 4. The van der Waals surface area contributed by atoms with E-state index in [0.29, 0.717) is 30.2 Å². The Balaban J connectivity index is 1.86. The van der Waals surface area contributed by atoms with Crippen molar-refractivity contribution in [2.75, 3.05) is 18.4 Å². The number of anilines is 1. The number of benzene rings is 1. The third-order valence-electron chi connectivity index (χ3n) is 3.76. The van der Waals surface area contributed by atoms with Crippen LogP contribution < -0.4 is 5.32 Å². The highest BCUT2D eigenvalue weighted by Gasteiger charge is 2.26. The molecule has 1 aromatic rings. The van der Waals surface area contributed by atoms with E-state index in [0.717, 1.165) is 12.0 Å². The lowest BCUT2D eigenvalue weighted by Crippen LogP contribution is -2.33. The van der Waals surface area contributed by atoms with Crippen LogP contribution in [0.1, 0.15) is 24.8 Å². The number of hydrogen-bond acceptors (Lipinski definition) is 2. The van der Waals surface area contributed by atoms with E-state index in [2.05, 4.69) is 5.32 Å². The molecule has 1 saturated heterocycles. The second-order valence-corrected chi connectivity index (χ2v) is 5.83. The van der Waals surface area contributed by atoms with Gasteiger partial charge in [0.15, 0.2) is 0 Å². The Morgan fingerprint density at radius 2 is 2.24 bits per heavy atom. The van der Waals surface area contributed by atoms with Gasteiger partial charge in [0.05, 0.1) is 0 Å². The first kappa shape index (κ1) is 15.6. The van der Waals surface area contributed by atoms with Crippen LogP contribution in [0, 0.1) is 12.8 Å². The monoisotopic (exact) mass is 310 g/mol. The van der Waals surface area contributed by atoms with Gasteiger partial charge >= 0.3 is 12.0 Å². The third kappa shape index (κ3) is 4.36. The van der Waals surface area contributed by atoms with Gasteiger partial charge in [-0.1, -0.05) is 17.7 Å². The van der Waals surface area contributed by atoms with Gasteiger partial charge in [-0.2, -0.15) is 0 Å². The zero-order chi connectivity index (χ0) is 15.4. The van der Waals surface area contributed by atoms with E-state index in [1.54, 1.807) is 11.0 Å². The molecule has 1 unspecified atom stereocenters. The standard InChI is InChI=1S/C15H19ClN2O3/c1-10-2-4-12(8-13(10)16)17-15(21)18-7-6-11(9-18)3-5-14(19)20/h2,4,8,11H,3,5-7,9H2,1H3,(H,17,21)(H,19,20). The summed E-state index contributed by atoms with van der Waals surface area (Å²) in [5.41, 5.74) is 1.63. The second-order valence-electron chi connectivity index (χ2n) is 5.43. The Hall–Kier alpha value is -1.75. The molecule has 1 aromatic carbocycles. The number of nitrogens with one attached hydrogen (secondary N) is 1. The third-order valence-corrected chi connectivity index (χ3v) is 4.17. The number of hydrogen-bond donors (Lipinski definition) is 2. The molecule has 0 radical (unpaired) electrons. The van der Waals surface area contributed by atoms with E-state index in [4.69, 9.17) is 16.7 Å². The lowest BCUT2D eigenvalue weighted by molar-refractivity contribution is -0.137. The van der Waals surface area contributed by atoms with Crippen molar-refractivity contribution in [3.8, 4) is 0 Å². The minimum atomic E-state index is -0.785. The smallest absolute Gasteiger partial charge is 0.321 e. The van der Waals surface area contributed by atoms with Crippen molar-refractivity contribution in [1.82, 2.24) is 4.90 Å². The van der Waals surface area contributed by atoms with Gasteiger partial charge in [0.2, 0.25) is 0 Å². The Labute approximate surface area is 128 Å². The lowest BCUT2D eigenvalue weighted by atomic mass is 10.0. The molecule has 1 atom stereocenters. The number of carboxylic acid groups (broad SMARTS) is 1.